The van der Waals surface area contributed by atoms with E-state index in [0.29, 0.717) is 6.04 Å². The summed E-state index contributed by atoms with van der Waals surface area (Å²) < 4.78 is 0. The Labute approximate surface area is 118 Å². The van der Waals surface area contributed by atoms with Crippen LogP contribution in [0, 0.1) is 5.92 Å². The molecule has 3 unspecified atom stereocenters. The van der Waals surface area contributed by atoms with E-state index in [4.69, 9.17) is 0 Å². The molecule has 0 aromatic heterocycles. The first kappa shape index (κ1) is 14.6. The maximum absolute atomic E-state index is 3.94. The van der Waals surface area contributed by atoms with Gasteiger partial charge in [0.25, 0.3) is 0 Å². The maximum Gasteiger partial charge on any atom is 0.0108 e. The fourth-order valence-electron chi connectivity index (χ4n) is 3.26. The Kier molecular flexibility index (Phi) is 5.91. The molecule has 1 aliphatic rings. The Morgan fingerprint density at radius 2 is 1.84 bits per heavy atom. The van der Waals surface area contributed by atoms with Crippen molar-refractivity contribution in [3.8, 4) is 0 Å². The first-order chi connectivity index (χ1) is 9.29. The molecule has 1 aromatic rings. The molecule has 1 aliphatic carbocycles. The summed E-state index contributed by atoms with van der Waals surface area (Å²) in [6.07, 6.45) is 9.42. The zero-order chi connectivity index (χ0) is 13.5. The van der Waals surface area contributed by atoms with Crippen molar-refractivity contribution < 1.29 is 0 Å². The van der Waals surface area contributed by atoms with Crippen LogP contribution in [0.15, 0.2) is 30.3 Å². The van der Waals surface area contributed by atoms with Gasteiger partial charge in [-0.1, -0.05) is 63.4 Å². The molecule has 1 heteroatoms. The normalized spacial score (nSPS) is 25.8. The van der Waals surface area contributed by atoms with Gasteiger partial charge in [0.2, 0.25) is 0 Å². The van der Waals surface area contributed by atoms with Crippen LogP contribution < -0.4 is 5.32 Å². The highest BCUT2D eigenvalue weighted by molar-refractivity contribution is 5.15. The molecular weight excluding hydrogens is 230 g/mol. The van der Waals surface area contributed by atoms with Gasteiger partial charge < -0.3 is 5.32 Å². The minimum absolute atomic E-state index is 0.632. The van der Waals surface area contributed by atoms with Crippen LogP contribution in [0.4, 0.5) is 0 Å². The topological polar surface area (TPSA) is 12.0 Å². The second-order valence-corrected chi connectivity index (χ2v) is 6.18. The molecule has 0 radical (unpaired) electrons. The monoisotopic (exact) mass is 259 g/mol. The lowest BCUT2D eigenvalue weighted by atomic mass is 9.94. The molecule has 106 valence electrons. The van der Waals surface area contributed by atoms with Gasteiger partial charge in [0.15, 0.2) is 0 Å². The van der Waals surface area contributed by atoms with Crippen molar-refractivity contribution in [3.63, 3.8) is 0 Å². The molecular formula is C18H29N. The van der Waals surface area contributed by atoms with Gasteiger partial charge in [0, 0.05) is 12.1 Å². The zero-order valence-electron chi connectivity index (χ0n) is 12.6. The van der Waals surface area contributed by atoms with Crippen LogP contribution in [0.2, 0.25) is 0 Å². The smallest absolute Gasteiger partial charge is 0.0108 e. The van der Waals surface area contributed by atoms with Crippen LogP contribution in [-0.2, 0) is 6.42 Å². The van der Waals surface area contributed by atoms with Crippen molar-refractivity contribution in [2.45, 2.75) is 70.9 Å². The van der Waals surface area contributed by atoms with E-state index in [0.717, 1.165) is 12.0 Å². The molecule has 1 N–H and O–H groups in total. The third-order valence-electron chi connectivity index (χ3n) is 4.63. The number of rotatable bonds is 5. The lowest BCUT2D eigenvalue weighted by molar-refractivity contribution is 0.314. The van der Waals surface area contributed by atoms with Gasteiger partial charge in [0.05, 0.1) is 0 Å². The highest BCUT2D eigenvalue weighted by Gasteiger charge is 2.22. The lowest BCUT2D eigenvalue weighted by Gasteiger charge is -2.28. The average molecular weight is 259 g/mol. The lowest BCUT2D eigenvalue weighted by Crippen LogP contribution is -2.42. The molecule has 1 aromatic carbocycles. The fraction of sp³-hybridized carbons (Fsp3) is 0.667. The molecule has 19 heavy (non-hydrogen) atoms. The van der Waals surface area contributed by atoms with Gasteiger partial charge in [-0.2, -0.15) is 0 Å². The fourth-order valence-corrected chi connectivity index (χ4v) is 3.26. The highest BCUT2D eigenvalue weighted by Crippen LogP contribution is 2.24. The average Bonchev–Trinajstić information content (AvgIpc) is 2.64. The summed E-state index contributed by atoms with van der Waals surface area (Å²) in [6.45, 7) is 4.74. The molecule has 0 amide bonds. The van der Waals surface area contributed by atoms with E-state index in [1.54, 1.807) is 0 Å². The molecule has 0 saturated heterocycles. The first-order valence-corrected chi connectivity index (χ1v) is 8.09. The standard InChI is InChI=1S/C18H29N/c1-3-17(14-16-11-7-5-8-12-16)19-18-13-9-4-6-10-15(18)2/h5,7-8,11-12,15,17-19H,3-4,6,9-10,13-14H2,1-2H3. The number of hydrogen-bond donors (Lipinski definition) is 1. The Hall–Kier alpha value is -0.820. The Bertz CT molecular complexity index is 346. The van der Waals surface area contributed by atoms with E-state index in [1.807, 2.05) is 0 Å². The molecule has 2 rings (SSSR count). The van der Waals surface area contributed by atoms with E-state index in [1.165, 1.54) is 50.5 Å². The van der Waals surface area contributed by atoms with Gasteiger partial charge in [-0.15, -0.1) is 0 Å². The second-order valence-electron chi connectivity index (χ2n) is 6.18. The van der Waals surface area contributed by atoms with Gasteiger partial charge in [-0.25, -0.2) is 0 Å². The Balaban J connectivity index is 1.90. The van der Waals surface area contributed by atoms with Crippen LogP contribution in [0.5, 0.6) is 0 Å². The summed E-state index contributed by atoms with van der Waals surface area (Å²) in [4.78, 5) is 0. The van der Waals surface area contributed by atoms with E-state index >= 15 is 0 Å². The Morgan fingerprint density at radius 1 is 1.11 bits per heavy atom. The predicted octanol–water partition coefficient (Wildman–Crippen LogP) is 4.57. The highest BCUT2D eigenvalue weighted by atomic mass is 15.0. The molecule has 1 nitrogen and oxygen atoms in total. The first-order valence-electron chi connectivity index (χ1n) is 8.09. The molecule has 0 heterocycles. The minimum Gasteiger partial charge on any atom is -0.311 e. The SMILES string of the molecule is CCC(Cc1ccccc1)NC1CCCCCC1C. The van der Waals surface area contributed by atoms with Crippen LogP contribution in [0.3, 0.4) is 0 Å². The van der Waals surface area contributed by atoms with Crippen molar-refractivity contribution in [3.05, 3.63) is 35.9 Å². The molecule has 0 spiro atoms. The van der Waals surface area contributed by atoms with Crippen molar-refractivity contribution in [1.82, 2.24) is 5.32 Å². The summed E-state index contributed by atoms with van der Waals surface area (Å²) in [5.74, 6) is 0.840. The van der Waals surface area contributed by atoms with Crippen LogP contribution >= 0.6 is 0 Å². The number of nitrogens with one attached hydrogen (secondary N) is 1. The largest absolute Gasteiger partial charge is 0.311 e. The van der Waals surface area contributed by atoms with E-state index < -0.39 is 0 Å². The third-order valence-corrected chi connectivity index (χ3v) is 4.63. The third kappa shape index (κ3) is 4.65. The molecule has 0 bridgehead atoms. The van der Waals surface area contributed by atoms with Gasteiger partial charge >= 0.3 is 0 Å². The van der Waals surface area contributed by atoms with Gasteiger partial charge in [-0.05, 0) is 37.2 Å². The number of benzene rings is 1. The summed E-state index contributed by atoms with van der Waals surface area (Å²) in [7, 11) is 0. The van der Waals surface area contributed by atoms with Crippen LogP contribution in [0.1, 0.15) is 57.9 Å². The molecule has 1 saturated carbocycles. The van der Waals surface area contributed by atoms with Crippen LogP contribution in [0.25, 0.3) is 0 Å². The second kappa shape index (κ2) is 7.69. The number of hydrogen-bond acceptors (Lipinski definition) is 1. The summed E-state index contributed by atoms with van der Waals surface area (Å²) in [6, 6.07) is 12.3. The Morgan fingerprint density at radius 3 is 2.58 bits per heavy atom. The zero-order valence-corrected chi connectivity index (χ0v) is 12.6. The van der Waals surface area contributed by atoms with Crippen molar-refractivity contribution in [1.29, 1.82) is 0 Å². The predicted molar refractivity (Wildman–Crippen MR) is 83.4 cm³/mol. The summed E-state index contributed by atoms with van der Waals surface area (Å²) >= 11 is 0. The van der Waals surface area contributed by atoms with Gasteiger partial charge in [0.1, 0.15) is 0 Å². The minimum atomic E-state index is 0.632. The maximum atomic E-state index is 3.94. The van der Waals surface area contributed by atoms with Crippen LogP contribution in [-0.4, -0.2) is 12.1 Å². The van der Waals surface area contributed by atoms with Crippen molar-refractivity contribution >= 4 is 0 Å². The molecule has 0 aliphatic heterocycles. The molecule has 1 fully saturated rings. The van der Waals surface area contributed by atoms with Gasteiger partial charge in [-0.3, -0.25) is 0 Å². The molecule has 3 atom stereocenters. The summed E-state index contributed by atoms with van der Waals surface area (Å²) in [5, 5.41) is 3.94. The van der Waals surface area contributed by atoms with E-state index in [9.17, 15) is 0 Å². The van der Waals surface area contributed by atoms with Crippen molar-refractivity contribution in [2.75, 3.05) is 0 Å². The van der Waals surface area contributed by atoms with E-state index in [2.05, 4.69) is 49.5 Å². The van der Waals surface area contributed by atoms with E-state index in [-0.39, 0.29) is 0 Å². The van der Waals surface area contributed by atoms with Crippen molar-refractivity contribution in [2.24, 2.45) is 5.92 Å². The quantitative estimate of drug-likeness (QED) is 0.764. The summed E-state index contributed by atoms with van der Waals surface area (Å²) in [5.41, 5.74) is 1.46.